The Morgan fingerprint density at radius 1 is 1.42 bits per heavy atom. The highest BCUT2D eigenvalue weighted by Gasteiger charge is 2.41. The molecule has 2 saturated heterocycles. The highest BCUT2D eigenvalue weighted by Crippen LogP contribution is 2.25. The first-order valence-electron chi connectivity index (χ1n) is 8.77. The molecule has 26 heavy (non-hydrogen) atoms. The van der Waals surface area contributed by atoms with E-state index in [2.05, 4.69) is 9.97 Å². The molecule has 2 aromatic rings. The number of rotatable bonds is 4. The van der Waals surface area contributed by atoms with Crippen LogP contribution in [0.4, 0.5) is 0 Å². The molecule has 3 heterocycles. The number of halogens is 1. The number of hydrogen-bond donors (Lipinski definition) is 1. The van der Waals surface area contributed by atoms with E-state index in [1.165, 1.54) is 0 Å². The molecule has 0 saturated carbocycles. The minimum Gasteiger partial charge on any atom is -0.380 e. The molecule has 0 spiro atoms. The number of piperazine rings is 1. The van der Waals surface area contributed by atoms with Crippen molar-refractivity contribution >= 4 is 34.4 Å². The summed E-state index contributed by atoms with van der Waals surface area (Å²) >= 11 is 5.98. The standard InChI is InChI=1S/C18H21ClN4O3/c1-26-13-7-12-8-22(10-18(25)23(12)9-13)17(24)5-4-16-20-14-3-2-11(19)6-15(14)21-16/h2-3,6,12-13H,4-5,7-10H2,1H3,(H,20,21)/t12-,13-/m0/s1. The summed E-state index contributed by atoms with van der Waals surface area (Å²) in [6, 6.07) is 5.53. The maximum absolute atomic E-state index is 12.6. The van der Waals surface area contributed by atoms with Crippen LogP contribution in [0.2, 0.25) is 5.02 Å². The lowest BCUT2D eigenvalue weighted by molar-refractivity contribution is -0.147. The van der Waals surface area contributed by atoms with Gasteiger partial charge in [0.2, 0.25) is 11.8 Å². The van der Waals surface area contributed by atoms with Gasteiger partial charge in [-0.1, -0.05) is 11.6 Å². The van der Waals surface area contributed by atoms with Gasteiger partial charge >= 0.3 is 0 Å². The first-order valence-corrected chi connectivity index (χ1v) is 9.15. The molecule has 1 aromatic heterocycles. The van der Waals surface area contributed by atoms with E-state index in [0.29, 0.717) is 31.0 Å². The summed E-state index contributed by atoms with van der Waals surface area (Å²) in [5.41, 5.74) is 1.69. The normalized spacial score (nSPS) is 22.9. The zero-order valence-corrected chi connectivity index (χ0v) is 15.3. The van der Waals surface area contributed by atoms with E-state index in [1.807, 2.05) is 17.0 Å². The molecule has 1 aromatic carbocycles. The van der Waals surface area contributed by atoms with Gasteiger partial charge in [-0.05, 0) is 24.6 Å². The maximum atomic E-state index is 12.6. The molecule has 0 aliphatic carbocycles. The quantitative estimate of drug-likeness (QED) is 0.879. The van der Waals surface area contributed by atoms with Crippen LogP contribution < -0.4 is 0 Å². The number of amides is 2. The van der Waals surface area contributed by atoms with Crippen LogP contribution in [-0.2, 0) is 20.7 Å². The van der Waals surface area contributed by atoms with Crippen LogP contribution in [0.1, 0.15) is 18.7 Å². The van der Waals surface area contributed by atoms with Crippen LogP contribution in [0, 0.1) is 0 Å². The van der Waals surface area contributed by atoms with Gasteiger partial charge in [-0.15, -0.1) is 0 Å². The van der Waals surface area contributed by atoms with Crippen LogP contribution in [0.5, 0.6) is 0 Å². The van der Waals surface area contributed by atoms with Gasteiger partial charge in [0.25, 0.3) is 0 Å². The molecule has 0 radical (unpaired) electrons. The number of ether oxygens (including phenoxy) is 1. The summed E-state index contributed by atoms with van der Waals surface area (Å²) in [7, 11) is 1.66. The molecule has 2 aliphatic rings. The average Bonchev–Trinajstić information content (AvgIpc) is 3.22. The monoisotopic (exact) mass is 376 g/mol. The molecule has 2 amide bonds. The molecule has 138 valence electrons. The molecule has 4 rings (SSSR count). The van der Waals surface area contributed by atoms with Gasteiger partial charge in [0.05, 0.1) is 29.7 Å². The number of aromatic amines is 1. The maximum Gasteiger partial charge on any atom is 0.242 e. The number of fused-ring (bicyclic) bond motifs is 2. The number of aryl methyl sites for hydroxylation is 1. The molecule has 2 fully saturated rings. The number of aromatic nitrogens is 2. The summed E-state index contributed by atoms with van der Waals surface area (Å²) in [6.45, 7) is 1.37. The van der Waals surface area contributed by atoms with Gasteiger partial charge in [0.15, 0.2) is 0 Å². The molecular weight excluding hydrogens is 356 g/mol. The smallest absolute Gasteiger partial charge is 0.242 e. The van der Waals surface area contributed by atoms with Crippen molar-refractivity contribution in [2.24, 2.45) is 0 Å². The summed E-state index contributed by atoms with van der Waals surface area (Å²) < 4.78 is 5.37. The topological polar surface area (TPSA) is 78.5 Å². The third kappa shape index (κ3) is 3.29. The number of imidazole rings is 1. The highest BCUT2D eigenvalue weighted by atomic mass is 35.5. The van der Waals surface area contributed by atoms with Crippen LogP contribution in [0.15, 0.2) is 18.2 Å². The lowest BCUT2D eigenvalue weighted by Gasteiger charge is -2.36. The summed E-state index contributed by atoms with van der Waals surface area (Å²) in [6.07, 6.45) is 1.68. The first kappa shape index (κ1) is 17.3. The van der Waals surface area contributed by atoms with Gasteiger partial charge in [0, 0.05) is 38.1 Å². The van der Waals surface area contributed by atoms with Crippen LogP contribution in [0.3, 0.4) is 0 Å². The second-order valence-corrected chi connectivity index (χ2v) is 7.35. The van der Waals surface area contributed by atoms with Gasteiger partial charge < -0.3 is 19.5 Å². The number of carbonyl (C=O) groups is 2. The van der Waals surface area contributed by atoms with E-state index in [4.69, 9.17) is 16.3 Å². The van der Waals surface area contributed by atoms with Crippen molar-refractivity contribution in [2.45, 2.75) is 31.4 Å². The van der Waals surface area contributed by atoms with Crippen LogP contribution >= 0.6 is 11.6 Å². The lowest BCUT2D eigenvalue weighted by Crippen LogP contribution is -2.55. The Bertz CT molecular complexity index is 852. The highest BCUT2D eigenvalue weighted by molar-refractivity contribution is 6.31. The molecule has 0 unspecified atom stereocenters. The Morgan fingerprint density at radius 3 is 3.08 bits per heavy atom. The molecule has 1 N–H and O–H groups in total. The Morgan fingerprint density at radius 2 is 2.27 bits per heavy atom. The van der Waals surface area contributed by atoms with Crippen molar-refractivity contribution in [3.8, 4) is 0 Å². The minimum atomic E-state index is -0.0163. The summed E-state index contributed by atoms with van der Waals surface area (Å²) in [5.74, 6) is 0.741. The fraction of sp³-hybridized carbons (Fsp3) is 0.500. The Kier molecular flexibility index (Phi) is 4.58. The predicted octanol–water partition coefficient (Wildman–Crippen LogP) is 1.61. The number of hydrogen-bond acceptors (Lipinski definition) is 4. The zero-order valence-electron chi connectivity index (χ0n) is 14.6. The van der Waals surface area contributed by atoms with Crippen molar-refractivity contribution in [2.75, 3.05) is 26.7 Å². The van der Waals surface area contributed by atoms with Crippen molar-refractivity contribution < 1.29 is 14.3 Å². The second-order valence-electron chi connectivity index (χ2n) is 6.91. The second kappa shape index (κ2) is 6.89. The molecule has 2 aliphatic heterocycles. The number of methoxy groups -OCH3 is 1. The number of benzene rings is 1. The molecule has 8 heteroatoms. The number of nitrogens with zero attached hydrogens (tertiary/aromatic N) is 3. The van der Waals surface area contributed by atoms with Crippen molar-refractivity contribution in [3.63, 3.8) is 0 Å². The third-order valence-corrected chi connectivity index (χ3v) is 5.44. The third-order valence-electron chi connectivity index (χ3n) is 5.21. The van der Waals surface area contributed by atoms with Gasteiger partial charge in [-0.2, -0.15) is 0 Å². The number of nitrogens with one attached hydrogen (secondary N) is 1. The van der Waals surface area contributed by atoms with E-state index in [-0.39, 0.29) is 30.5 Å². The number of H-pyrrole nitrogens is 1. The zero-order chi connectivity index (χ0) is 18.3. The van der Waals surface area contributed by atoms with Crippen LogP contribution in [0.25, 0.3) is 11.0 Å². The van der Waals surface area contributed by atoms with Crippen LogP contribution in [-0.4, -0.2) is 70.5 Å². The SMILES string of the molecule is CO[C@H]1C[C@H]2CN(C(=O)CCc3nc4ccc(Cl)cc4[nH]3)CC(=O)N2C1. The molecule has 7 nitrogen and oxygen atoms in total. The fourth-order valence-corrected chi connectivity index (χ4v) is 3.99. The van der Waals surface area contributed by atoms with Crippen molar-refractivity contribution in [1.82, 2.24) is 19.8 Å². The fourth-order valence-electron chi connectivity index (χ4n) is 3.82. The van der Waals surface area contributed by atoms with Crippen molar-refractivity contribution in [3.05, 3.63) is 29.0 Å². The Labute approximate surface area is 156 Å². The van der Waals surface area contributed by atoms with Gasteiger partial charge in [-0.3, -0.25) is 9.59 Å². The van der Waals surface area contributed by atoms with E-state index in [1.54, 1.807) is 18.1 Å². The molecule has 2 atom stereocenters. The molecule has 0 bridgehead atoms. The van der Waals surface area contributed by atoms with E-state index >= 15 is 0 Å². The van der Waals surface area contributed by atoms with Gasteiger partial charge in [-0.25, -0.2) is 4.98 Å². The Balaban J connectivity index is 1.38. The van der Waals surface area contributed by atoms with Crippen molar-refractivity contribution in [1.29, 1.82) is 0 Å². The predicted molar refractivity (Wildman–Crippen MR) is 96.9 cm³/mol. The summed E-state index contributed by atoms with van der Waals surface area (Å²) in [4.78, 5) is 36.1. The summed E-state index contributed by atoms with van der Waals surface area (Å²) in [5, 5.41) is 0.645. The Hall–Kier alpha value is -2.12. The largest absolute Gasteiger partial charge is 0.380 e. The lowest BCUT2D eigenvalue weighted by atomic mass is 10.1. The first-order chi connectivity index (χ1) is 12.5. The van der Waals surface area contributed by atoms with Gasteiger partial charge in [0.1, 0.15) is 5.82 Å². The van der Waals surface area contributed by atoms with E-state index < -0.39 is 0 Å². The average molecular weight is 377 g/mol. The van der Waals surface area contributed by atoms with E-state index in [0.717, 1.165) is 23.3 Å². The molecular formula is C18H21ClN4O3. The van der Waals surface area contributed by atoms with E-state index in [9.17, 15) is 9.59 Å². The minimum absolute atomic E-state index is 0.00697. The number of carbonyl (C=O) groups excluding carboxylic acids is 2.